The van der Waals surface area contributed by atoms with E-state index in [9.17, 15) is 9.59 Å². The molecule has 0 saturated heterocycles. The number of esters is 1. The standard InChI is InChI=1S/C22H27NO3/c1-3-5-6-12-17-26-22(25)20-16-11-10-15-19(20)21(24)23(4-2)18-13-8-7-9-14-18/h7-11,13-16H,3-6,12,17H2,1-2H3. The fourth-order valence-electron chi connectivity index (χ4n) is 2.82. The summed E-state index contributed by atoms with van der Waals surface area (Å²) in [6, 6.07) is 16.3. The molecule has 1 amide bonds. The Morgan fingerprint density at radius 2 is 1.50 bits per heavy atom. The van der Waals surface area contributed by atoms with Crippen LogP contribution in [0, 0.1) is 0 Å². The van der Waals surface area contributed by atoms with Gasteiger partial charge in [0.05, 0.1) is 17.7 Å². The predicted octanol–water partition coefficient (Wildman–Crippen LogP) is 5.09. The molecule has 0 aliphatic carbocycles. The summed E-state index contributed by atoms with van der Waals surface area (Å²) in [5.41, 5.74) is 1.50. The smallest absolute Gasteiger partial charge is 0.338 e. The number of para-hydroxylation sites is 1. The lowest BCUT2D eigenvalue weighted by Crippen LogP contribution is -2.32. The van der Waals surface area contributed by atoms with Crippen LogP contribution in [0.15, 0.2) is 54.6 Å². The van der Waals surface area contributed by atoms with E-state index in [1.807, 2.05) is 37.3 Å². The first kappa shape index (κ1) is 19.7. The van der Waals surface area contributed by atoms with Gasteiger partial charge in [-0.05, 0) is 37.6 Å². The van der Waals surface area contributed by atoms with Crippen LogP contribution in [-0.4, -0.2) is 25.0 Å². The Hall–Kier alpha value is -2.62. The van der Waals surface area contributed by atoms with E-state index < -0.39 is 5.97 Å². The summed E-state index contributed by atoms with van der Waals surface area (Å²) in [4.78, 5) is 27.2. The van der Waals surface area contributed by atoms with Crippen molar-refractivity contribution in [2.75, 3.05) is 18.1 Å². The Morgan fingerprint density at radius 3 is 2.15 bits per heavy atom. The highest BCUT2D eigenvalue weighted by molar-refractivity contribution is 6.12. The Balaban J connectivity index is 2.14. The molecule has 0 aromatic heterocycles. The molecule has 26 heavy (non-hydrogen) atoms. The molecule has 0 radical (unpaired) electrons. The van der Waals surface area contributed by atoms with Gasteiger partial charge in [0, 0.05) is 12.2 Å². The molecule has 0 saturated carbocycles. The molecule has 4 nitrogen and oxygen atoms in total. The molecule has 0 spiro atoms. The molecule has 0 N–H and O–H groups in total. The fourth-order valence-corrected chi connectivity index (χ4v) is 2.82. The lowest BCUT2D eigenvalue weighted by Gasteiger charge is -2.22. The highest BCUT2D eigenvalue weighted by Crippen LogP contribution is 2.19. The van der Waals surface area contributed by atoms with Gasteiger partial charge in [0.1, 0.15) is 0 Å². The number of anilines is 1. The molecule has 2 rings (SSSR count). The van der Waals surface area contributed by atoms with Crippen molar-refractivity contribution in [3.63, 3.8) is 0 Å². The van der Waals surface area contributed by atoms with Gasteiger partial charge in [-0.3, -0.25) is 4.79 Å². The molecule has 2 aromatic rings. The zero-order chi connectivity index (χ0) is 18.8. The van der Waals surface area contributed by atoms with Crippen LogP contribution in [-0.2, 0) is 4.74 Å². The van der Waals surface area contributed by atoms with Gasteiger partial charge in [-0.1, -0.05) is 56.5 Å². The number of benzene rings is 2. The van der Waals surface area contributed by atoms with Crippen molar-refractivity contribution >= 4 is 17.6 Å². The Labute approximate surface area is 155 Å². The number of carbonyl (C=O) groups is 2. The maximum atomic E-state index is 13.0. The minimum absolute atomic E-state index is 0.197. The summed E-state index contributed by atoms with van der Waals surface area (Å²) in [6.07, 6.45) is 4.16. The third-order valence-electron chi connectivity index (χ3n) is 4.24. The summed E-state index contributed by atoms with van der Waals surface area (Å²) in [5.74, 6) is -0.633. The van der Waals surface area contributed by atoms with E-state index in [1.54, 1.807) is 29.2 Å². The molecule has 0 unspecified atom stereocenters. The molecule has 0 heterocycles. The van der Waals surface area contributed by atoms with Crippen molar-refractivity contribution in [2.45, 2.75) is 39.5 Å². The van der Waals surface area contributed by atoms with Crippen LogP contribution in [0.5, 0.6) is 0 Å². The SMILES string of the molecule is CCCCCCOC(=O)c1ccccc1C(=O)N(CC)c1ccccc1. The first-order chi connectivity index (χ1) is 12.7. The zero-order valence-electron chi connectivity index (χ0n) is 15.6. The van der Waals surface area contributed by atoms with Gasteiger partial charge in [0.25, 0.3) is 5.91 Å². The van der Waals surface area contributed by atoms with Gasteiger partial charge < -0.3 is 9.64 Å². The van der Waals surface area contributed by atoms with Crippen LogP contribution in [0.3, 0.4) is 0 Å². The van der Waals surface area contributed by atoms with Crippen molar-refractivity contribution < 1.29 is 14.3 Å². The number of ether oxygens (including phenoxy) is 1. The van der Waals surface area contributed by atoms with Gasteiger partial charge in [-0.2, -0.15) is 0 Å². The Bertz CT molecular complexity index is 712. The van der Waals surface area contributed by atoms with Crippen LogP contribution in [0.4, 0.5) is 5.69 Å². The molecule has 0 aliphatic rings. The molecule has 4 heteroatoms. The second kappa shape index (κ2) is 10.4. The average molecular weight is 353 g/mol. The summed E-state index contributed by atoms with van der Waals surface area (Å²) in [7, 11) is 0. The maximum absolute atomic E-state index is 13.0. The van der Waals surface area contributed by atoms with Crippen LogP contribution in [0.2, 0.25) is 0 Å². The minimum atomic E-state index is -0.436. The first-order valence-electron chi connectivity index (χ1n) is 9.32. The number of rotatable bonds is 9. The topological polar surface area (TPSA) is 46.6 Å². The first-order valence-corrected chi connectivity index (χ1v) is 9.32. The quantitative estimate of drug-likeness (QED) is 0.466. The largest absolute Gasteiger partial charge is 0.462 e. The lowest BCUT2D eigenvalue weighted by atomic mass is 10.1. The van der Waals surface area contributed by atoms with E-state index in [2.05, 4.69) is 6.92 Å². The van der Waals surface area contributed by atoms with E-state index in [1.165, 1.54) is 0 Å². The molecular weight excluding hydrogens is 326 g/mol. The van der Waals surface area contributed by atoms with Gasteiger partial charge in [-0.25, -0.2) is 4.79 Å². The average Bonchev–Trinajstić information content (AvgIpc) is 2.69. The number of nitrogens with zero attached hydrogens (tertiary/aromatic N) is 1. The highest BCUT2D eigenvalue weighted by atomic mass is 16.5. The van der Waals surface area contributed by atoms with Gasteiger partial charge in [0.15, 0.2) is 0 Å². The number of hydrogen-bond donors (Lipinski definition) is 0. The highest BCUT2D eigenvalue weighted by Gasteiger charge is 2.22. The van der Waals surface area contributed by atoms with E-state index in [4.69, 9.17) is 4.74 Å². The predicted molar refractivity (Wildman–Crippen MR) is 105 cm³/mol. The molecular formula is C22H27NO3. The monoisotopic (exact) mass is 353 g/mol. The second-order valence-corrected chi connectivity index (χ2v) is 6.13. The van der Waals surface area contributed by atoms with Crippen molar-refractivity contribution in [1.29, 1.82) is 0 Å². The van der Waals surface area contributed by atoms with Crippen molar-refractivity contribution in [3.8, 4) is 0 Å². The molecule has 0 aliphatic heterocycles. The Morgan fingerprint density at radius 1 is 0.846 bits per heavy atom. The summed E-state index contributed by atoms with van der Waals surface area (Å²) in [5, 5.41) is 0. The van der Waals surface area contributed by atoms with Gasteiger partial charge >= 0.3 is 5.97 Å². The minimum Gasteiger partial charge on any atom is -0.462 e. The van der Waals surface area contributed by atoms with E-state index >= 15 is 0 Å². The molecule has 2 aromatic carbocycles. The van der Waals surface area contributed by atoms with E-state index in [0.29, 0.717) is 24.3 Å². The summed E-state index contributed by atoms with van der Waals surface area (Å²) in [6.45, 7) is 4.96. The summed E-state index contributed by atoms with van der Waals surface area (Å²) < 4.78 is 5.37. The summed E-state index contributed by atoms with van der Waals surface area (Å²) >= 11 is 0. The molecule has 0 bridgehead atoms. The molecule has 0 fully saturated rings. The van der Waals surface area contributed by atoms with Crippen LogP contribution in [0.25, 0.3) is 0 Å². The third kappa shape index (κ3) is 5.19. The van der Waals surface area contributed by atoms with Crippen molar-refractivity contribution in [3.05, 3.63) is 65.7 Å². The number of unbranched alkanes of at least 4 members (excludes halogenated alkanes) is 3. The van der Waals surface area contributed by atoms with Crippen molar-refractivity contribution in [2.24, 2.45) is 0 Å². The van der Waals surface area contributed by atoms with Crippen molar-refractivity contribution in [1.82, 2.24) is 0 Å². The lowest BCUT2D eigenvalue weighted by molar-refractivity contribution is 0.0494. The van der Waals surface area contributed by atoms with Gasteiger partial charge in [0.2, 0.25) is 0 Å². The molecule has 138 valence electrons. The van der Waals surface area contributed by atoms with Crippen LogP contribution < -0.4 is 4.90 Å². The normalized spacial score (nSPS) is 10.4. The fraction of sp³-hybridized carbons (Fsp3) is 0.364. The maximum Gasteiger partial charge on any atom is 0.338 e. The number of carbonyl (C=O) groups excluding carboxylic acids is 2. The Kier molecular flexibility index (Phi) is 7.87. The van der Waals surface area contributed by atoms with Crippen LogP contribution >= 0.6 is 0 Å². The number of amides is 1. The molecule has 0 atom stereocenters. The second-order valence-electron chi connectivity index (χ2n) is 6.13. The third-order valence-corrected chi connectivity index (χ3v) is 4.24. The van der Waals surface area contributed by atoms with E-state index in [-0.39, 0.29) is 5.91 Å². The number of hydrogen-bond acceptors (Lipinski definition) is 3. The zero-order valence-corrected chi connectivity index (χ0v) is 15.6. The van der Waals surface area contributed by atoms with E-state index in [0.717, 1.165) is 31.4 Å². The van der Waals surface area contributed by atoms with Crippen LogP contribution in [0.1, 0.15) is 60.2 Å². The van der Waals surface area contributed by atoms with Gasteiger partial charge in [-0.15, -0.1) is 0 Å².